The first-order valence-electron chi connectivity index (χ1n) is 6.00. The van der Waals surface area contributed by atoms with Crippen molar-refractivity contribution in [1.82, 2.24) is 19.7 Å². The molecule has 0 fully saturated rings. The van der Waals surface area contributed by atoms with Gasteiger partial charge >= 0.3 is 0 Å². The highest BCUT2D eigenvalue weighted by molar-refractivity contribution is 7.89. The molecular formula is C12H16N4O2S. The van der Waals surface area contributed by atoms with Crippen LogP contribution in [0.5, 0.6) is 0 Å². The fraction of sp³-hybridized carbons (Fsp3) is 0.333. The minimum atomic E-state index is -3.60. The summed E-state index contributed by atoms with van der Waals surface area (Å²) in [6.45, 7) is 3.65. The first kappa shape index (κ1) is 13.7. The zero-order valence-electron chi connectivity index (χ0n) is 10.8. The maximum absolute atomic E-state index is 12.1. The van der Waals surface area contributed by atoms with E-state index in [0.29, 0.717) is 17.9 Å². The summed E-state index contributed by atoms with van der Waals surface area (Å²) in [5, 5.41) is 0.0760. The highest BCUT2D eigenvalue weighted by atomic mass is 32.2. The molecule has 0 aliphatic carbocycles. The third-order valence-corrected chi connectivity index (χ3v) is 4.14. The van der Waals surface area contributed by atoms with Gasteiger partial charge in [-0.05, 0) is 19.1 Å². The molecule has 0 saturated heterocycles. The molecule has 0 aliphatic heterocycles. The molecule has 0 aromatic carbocycles. The molecule has 102 valence electrons. The van der Waals surface area contributed by atoms with E-state index < -0.39 is 16.1 Å². The van der Waals surface area contributed by atoms with Crippen molar-refractivity contribution in [1.29, 1.82) is 0 Å². The number of rotatable bonds is 5. The molecule has 1 atom stereocenters. The highest BCUT2D eigenvalue weighted by Gasteiger charge is 2.20. The maximum Gasteiger partial charge on any atom is 0.258 e. The summed E-state index contributed by atoms with van der Waals surface area (Å²) in [6, 6.07) is 4.98. The van der Waals surface area contributed by atoms with Gasteiger partial charge in [0.1, 0.15) is 5.82 Å². The van der Waals surface area contributed by atoms with Crippen LogP contribution < -0.4 is 4.72 Å². The molecular weight excluding hydrogens is 264 g/mol. The maximum atomic E-state index is 12.1. The van der Waals surface area contributed by atoms with Gasteiger partial charge in [-0.1, -0.05) is 13.0 Å². The number of aromatic nitrogens is 3. The number of hydrogen-bond donors (Lipinski definition) is 2. The smallest absolute Gasteiger partial charge is 0.258 e. The normalized spacial score (nSPS) is 13.4. The Labute approximate surface area is 112 Å². The molecule has 0 bridgehead atoms. The van der Waals surface area contributed by atoms with E-state index in [4.69, 9.17) is 0 Å². The van der Waals surface area contributed by atoms with Crippen LogP contribution in [0.3, 0.4) is 0 Å². The number of nitrogens with one attached hydrogen (secondary N) is 2. The molecule has 2 aromatic heterocycles. The van der Waals surface area contributed by atoms with Crippen LogP contribution in [-0.4, -0.2) is 23.4 Å². The van der Waals surface area contributed by atoms with E-state index in [1.54, 1.807) is 25.3 Å². The second kappa shape index (κ2) is 5.50. The van der Waals surface area contributed by atoms with Crippen LogP contribution >= 0.6 is 0 Å². The van der Waals surface area contributed by atoms with Gasteiger partial charge in [-0.2, -0.15) is 0 Å². The number of aromatic amines is 1. The lowest BCUT2D eigenvalue weighted by Gasteiger charge is -2.12. The summed E-state index contributed by atoms with van der Waals surface area (Å²) in [5.74, 6) is 0.644. The number of sulfonamides is 1. The summed E-state index contributed by atoms with van der Waals surface area (Å²) < 4.78 is 26.8. The van der Waals surface area contributed by atoms with E-state index in [2.05, 4.69) is 19.7 Å². The third-order valence-electron chi connectivity index (χ3n) is 2.69. The van der Waals surface area contributed by atoms with E-state index in [1.165, 1.54) is 6.20 Å². The largest absolute Gasteiger partial charge is 0.332 e. The van der Waals surface area contributed by atoms with Gasteiger partial charge in [0.25, 0.3) is 10.0 Å². The minimum Gasteiger partial charge on any atom is -0.332 e. The van der Waals surface area contributed by atoms with Gasteiger partial charge in [-0.3, -0.25) is 4.98 Å². The van der Waals surface area contributed by atoms with Gasteiger partial charge in [0.05, 0.1) is 17.9 Å². The molecule has 1 unspecified atom stereocenters. The van der Waals surface area contributed by atoms with Crippen LogP contribution in [0.1, 0.15) is 31.4 Å². The molecule has 6 nitrogen and oxygen atoms in total. The lowest BCUT2D eigenvalue weighted by molar-refractivity contribution is 0.560. The molecule has 0 saturated carbocycles. The van der Waals surface area contributed by atoms with Crippen LogP contribution in [0.4, 0.5) is 0 Å². The molecule has 0 aliphatic rings. The fourth-order valence-electron chi connectivity index (χ4n) is 1.65. The average Bonchev–Trinajstić information content (AvgIpc) is 2.89. The van der Waals surface area contributed by atoms with Crippen molar-refractivity contribution in [2.45, 2.75) is 31.3 Å². The Morgan fingerprint density at radius 3 is 2.74 bits per heavy atom. The zero-order valence-corrected chi connectivity index (χ0v) is 11.6. The Bertz CT molecular complexity index is 637. The summed E-state index contributed by atoms with van der Waals surface area (Å²) in [7, 11) is -3.60. The predicted molar refractivity (Wildman–Crippen MR) is 70.9 cm³/mol. The first-order valence-corrected chi connectivity index (χ1v) is 7.48. The van der Waals surface area contributed by atoms with Crippen molar-refractivity contribution in [3.8, 4) is 0 Å². The third kappa shape index (κ3) is 3.18. The van der Waals surface area contributed by atoms with Gasteiger partial charge in [-0.15, -0.1) is 0 Å². The van der Waals surface area contributed by atoms with Crippen LogP contribution in [-0.2, 0) is 16.4 Å². The Morgan fingerprint density at radius 2 is 2.16 bits per heavy atom. The first-order chi connectivity index (χ1) is 9.03. The van der Waals surface area contributed by atoms with Gasteiger partial charge in [-0.25, -0.2) is 18.1 Å². The Balaban J connectivity index is 2.17. The molecule has 2 N–H and O–H groups in total. The molecule has 0 spiro atoms. The SMILES string of the molecule is CCc1ncc(S(=O)(=O)NC(C)c2ccccn2)[nH]1. The van der Waals surface area contributed by atoms with Crippen LogP contribution in [0.15, 0.2) is 35.6 Å². The quantitative estimate of drug-likeness (QED) is 0.866. The Hall–Kier alpha value is -1.73. The van der Waals surface area contributed by atoms with E-state index in [1.807, 2.05) is 13.0 Å². The Kier molecular flexibility index (Phi) is 3.96. The average molecular weight is 280 g/mol. The van der Waals surface area contributed by atoms with Crippen LogP contribution in [0.2, 0.25) is 0 Å². The number of nitrogens with zero attached hydrogens (tertiary/aromatic N) is 2. The fourth-order valence-corrected chi connectivity index (χ4v) is 2.81. The topological polar surface area (TPSA) is 87.7 Å². The van der Waals surface area contributed by atoms with Crippen molar-refractivity contribution in [2.75, 3.05) is 0 Å². The Morgan fingerprint density at radius 1 is 1.37 bits per heavy atom. The zero-order chi connectivity index (χ0) is 13.9. The number of aryl methyl sites for hydroxylation is 1. The van der Waals surface area contributed by atoms with Gasteiger partial charge in [0, 0.05) is 12.6 Å². The molecule has 0 radical (unpaired) electrons. The van der Waals surface area contributed by atoms with Crippen molar-refractivity contribution in [3.05, 3.63) is 42.1 Å². The second-order valence-electron chi connectivity index (χ2n) is 4.15. The van der Waals surface area contributed by atoms with E-state index in [9.17, 15) is 8.42 Å². The molecule has 0 amide bonds. The van der Waals surface area contributed by atoms with Crippen LogP contribution in [0, 0.1) is 0 Å². The molecule has 2 rings (SSSR count). The number of imidazole rings is 1. The van der Waals surface area contributed by atoms with Crippen molar-refractivity contribution >= 4 is 10.0 Å². The number of hydrogen-bond acceptors (Lipinski definition) is 4. The summed E-state index contributed by atoms with van der Waals surface area (Å²) >= 11 is 0. The molecule has 7 heteroatoms. The summed E-state index contributed by atoms with van der Waals surface area (Å²) in [6.07, 6.45) is 3.61. The van der Waals surface area contributed by atoms with Crippen molar-refractivity contribution < 1.29 is 8.42 Å². The molecule has 19 heavy (non-hydrogen) atoms. The van der Waals surface area contributed by atoms with Crippen LogP contribution in [0.25, 0.3) is 0 Å². The monoisotopic (exact) mass is 280 g/mol. The van der Waals surface area contributed by atoms with Gasteiger partial charge in [0.15, 0.2) is 5.03 Å². The van der Waals surface area contributed by atoms with E-state index >= 15 is 0 Å². The second-order valence-corrected chi connectivity index (χ2v) is 5.83. The molecule has 2 heterocycles. The van der Waals surface area contributed by atoms with Gasteiger partial charge < -0.3 is 4.98 Å². The number of pyridine rings is 1. The summed E-state index contributed by atoms with van der Waals surface area (Å²) in [5.41, 5.74) is 0.668. The lowest BCUT2D eigenvalue weighted by atomic mass is 10.2. The standard InChI is InChI=1S/C12H16N4O2S/c1-3-11-14-8-12(15-11)19(17,18)16-9(2)10-6-4-5-7-13-10/h4-9,16H,3H2,1-2H3,(H,14,15). The van der Waals surface area contributed by atoms with Crippen molar-refractivity contribution in [3.63, 3.8) is 0 Å². The number of H-pyrrole nitrogens is 1. The minimum absolute atomic E-state index is 0.0760. The highest BCUT2D eigenvalue weighted by Crippen LogP contribution is 2.13. The molecule has 2 aromatic rings. The van der Waals surface area contributed by atoms with E-state index in [-0.39, 0.29) is 5.03 Å². The van der Waals surface area contributed by atoms with Gasteiger partial charge in [0.2, 0.25) is 0 Å². The predicted octanol–water partition coefficient (Wildman–Crippen LogP) is 1.41. The van der Waals surface area contributed by atoms with E-state index in [0.717, 1.165) is 0 Å². The summed E-state index contributed by atoms with van der Waals surface area (Å²) in [4.78, 5) is 10.9. The lowest BCUT2D eigenvalue weighted by Crippen LogP contribution is -2.27. The van der Waals surface area contributed by atoms with Crippen molar-refractivity contribution in [2.24, 2.45) is 0 Å².